The SMILES string of the molecule is C[C@H](N[C@@H](C)c1cccc(Cl)c1)C(=O)Nc1ccc(F)c([N+](=O)[O-])c1. The van der Waals surface area contributed by atoms with Crippen LogP contribution >= 0.6 is 11.6 Å². The molecule has 8 heteroatoms. The van der Waals surface area contributed by atoms with Gasteiger partial charge in [-0.25, -0.2) is 0 Å². The van der Waals surface area contributed by atoms with Crippen LogP contribution in [0.4, 0.5) is 15.8 Å². The standard InChI is InChI=1S/C17H17ClFN3O3/c1-10(12-4-3-5-13(18)8-12)20-11(2)17(23)21-14-6-7-15(19)16(9-14)22(24)25/h3-11,20H,1-2H3,(H,21,23)/t10-,11-/m0/s1. The zero-order valence-electron chi connectivity index (χ0n) is 13.6. The van der Waals surface area contributed by atoms with E-state index in [1.807, 2.05) is 19.1 Å². The van der Waals surface area contributed by atoms with Crippen LogP contribution in [0.5, 0.6) is 0 Å². The Morgan fingerprint density at radius 1 is 1.24 bits per heavy atom. The summed E-state index contributed by atoms with van der Waals surface area (Å²) >= 11 is 5.96. The van der Waals surface area contributed by atoms with Crippen molar-refractivity contribution in [3.8, 4) is 0 Å². The van der Waals surface area contributed by atoms with E-state index in [-0.39, 0.29) is 11.7 Å². The summed E-state index contributed by atoms with van der Waals surface area (Å²) in [5.74, 6) is -1.35. The van der Waals surface area contributed by atoms with Crippen LogP contribution < -0.4 is 10.6 Å². The summed E-state index contributed by atoms with van der Waals surface area (Å²) in [5, 5.41) is 17.0. The van der Waals surface area contributed by atoms with Gasteiger partial charge in [-0.2, -0.15) is 4.39 Å². The van der Waals surface area contributed by atoms with Crippen molar-refractivity contribution in [3.05, 3.63) is 69.0 Å². The average molecular weight is 366 g/mol. The van der Waals surface area contributed by atoms with E-state index in [1.165, 1.54) is 6.07 Å². The topological polar surface area (TPSA) is 84.3 Å². The van der Waals surface area contributed by atoms with E-state index in [1.54, 1.807) is 19.1 Å². The van der Waals surface area contributed by atoms with Crippen LogP contribution in [0, 0.1) is 15.9 Å². The Bertz CT molecular complexity index is 800. The average Bonchev–Trinajstić information content (AvgIpc) is 2.56. The molecule has 6 nitrogen and oxygen atoms in total. The van der Waals surface area contributed by atoms with Gasteiger partial charge in [0.2, 0.25) is 11.7 Å². The summed E-state index contributed by atoms with van der Waals surface area (Å²) in [4.78, 5) is 22.2. The van der Waals surface area contributed by atoms with Gasteiger partial charge >= 0.3 is 5.69 Å². The molecule has 0 aliphatic carbocycles. The summed E-state index contributed by atoms with van der Waals surface area (Å²) < 4.78 is 13.3. The maximum Gasteiger partial charge on any atom is 0.306 e. The number of anilines is 1. The van der Waals surface area contributed by atoms with Gasteiger partial charge < -0.3 is 5.32 Å². The van der Waals surface area contributed by atoms with E-state index in [4.69, 9.17) is 11.6 Å². The van der Waals surface area contributed by atoms with Gasteiger partial charge in [-0.3, -0.25) is 20.2 Å². The highest BCUT2D eigenvalue weighted by Gasteiger charge is 2.19. The fraction of sp³-hybridized carbons (Fsp3) is 0.235. The molecule has 25 heavy (non-hydrogen) atoms. The molecule has 0 aliphatic heterocycles. The van der Waals surface area contributed by atoms with Gasteiger partial charge in [-0.05, 0) is 43.7 Å². The van der Waals surface area contributed by atoms with E-state index in [0.29, 0.717) is 5.02 Å². The molecule has 0 spiro atoms. The quantitative estimate of drug-likeness (QED) is 0.597. The summed E-state index contributed by atoms with van der Waals surface area (Å²) in [6.07, 6.45) is 0. The Labute approximate surface area is 149 Å². The first-order valence-electron chi connectivity index (χ1n) is 7.54. The molecule has 0 unspecified atom stereocenters. The number of hydrogen-bond donors (Lipinski definition) is 2. The second-order valence-corrected chi connectivity index (χ2v) is 6.01. The molecule has 0 heterocycles. The number of nitrogens with zero attached hydrogens (tertiary/aromatic N) is 1. The monoisotopic (exact) mass is 365 g/mol. The molecular weight excluding hydrogens is 349 g/mol. The van der Waals surface area contributed by atoms with E-state index >= 15 is 0 Å². The van der Waals surface area contributed by atoms with Crippen LogP contribution in [0.15, 0.2) is 42.5 Å². The number of halogens is 2. The fourth-order valence-electron chi connectivity index (χ4n) is 2.30. The number of carbonyl (C=O) groups is 1. The predicted molar refractivity (Wildman–Crippen MR) is 94.1 cm³/mol. The third kappa shape index (κ3) is 4.98. The van der Waals surface area contributed by atoms with Crippen molar-refractivity contribution in [1.29, 1.82) is 0 Å². The predicted octanol–water partition coefficient (Wildman–Crippen LogP) is 4.07. The van der Waals surface area contributed by atoms with Gasteiger partial charge in [0, 0.05) is 22.8 Å². The third-order valence-corrected chi connectivity index (χ3v) is 3.89. The molecule has 0 bridgehead atoms. The molecule has 132 valence electrons. The van der Waals surface area contributed by atoms with Crippen molar-refractivity contribution in [2.24, 2.45) is 0 Å². The molecular formula is C17H17ClFN3O3. The highest BCUT2D eigenvalue weighted by atomic mass is 35.5. The lowest BCUT2D eigenvalue weighted by atomic mass is 10.1. The minimum absolute atomic E-state index is 0.137. The van der Waals surface area contributed by atoms with Gasteiger partial charge in [0.1, 0.15) is 0 Å². The van der Waals surface area contributed by atoms with Crippen LogP contribution in [-0.2, 0) is 4.79 Å². The molecule has 0 radical (unpaired) electrons. The summed E-state index contributed by atoms with van der Waals surface area (Å²) in [7, 11) is 0. The number of carbonyl (C=O) groups excluding carboxylic acids is 1. The number of hydrogen-bond acceptors (Lipinski definition) is 4. The van der Waals surface area contributed by atoms with Crippen LogP contribution in [0.3, 0.4) is 0 Å². The largest absolute Gasteiger partial charge is 0.324 e. The number of nitrogens with one attached hydrogen (secondary N) is 2. The molecule has 2 N–H and O–H groups in total. The number of benzene rings is 2. The Morgan fingerprint density at radius 2 is 1.96 bits per heavy atom. The minimum atomic E-state index is -0.955. The van der Waals surface area contributed by atoms with Crippen LogP contribution in [0.2, 0.25) is 5.02 Å². The van der Waals surface area contributed by atoms with E-state index in [2.05, 4.69) is 10.6 Å². The van der Waals surface area contributed by atoms with Crippen molar-refractivity contribution >= 4 is 28.9 Å². The molecule has 2 aromatic rings. The van der Waals surface area contributed by atoms with Crippen molar-refractivity contribution < 1.29 is 14.1 Å². The zero-order chi connectivity index (χ0) is 18.6. The normalized spacial score (nSPS) is 13.1. The maximum atomic E-state index is 13.3. The zero-order valence-corrected chi connectivity index (χ0v) is 14.4. The van der Waals surface area contributed by atoms with Crippen LogP contribution in [-0.4, -0.2) is 16.9 Å². The van der Waals surface area contributed by atoms with Gasteiger partial charge in [0.25, 0.3) is 0 Å². The van der Waals surface area contributed by atoms with Gasteiger partial charge in [0.15, 0.2) is 0 Å². The number of nitro groups is 1. The van der Waals surface area contributed by atoms with Crippen LogP contribution in [0.1, 0.15) is 25.5 Å². The lowest BCUT2D eigenvalue weighted by Crippen LogP contribution is -2.39. The molecule has 2 aromatic carbocycles. The number of rotatable bonds is 6. The van der Waals surface area contributed by atoms with Gasteiger partial charge in [-0.1, -0.05) is 23.7 Å². The first-order valence-corrected chi connectivity index (χ1v) is 7.92. The Morgan fingerprint density at radius 3 is 2.60 bits per heavy atom. The summed E-state index contributed by atoms with van der Waals surface area (Å²) in [5.41, 5.74) is 0.387. The van der Waals surface area contributed by atoms with Gasteiger partial charge in [-0.15, -0.1) is 0 Å². The molecule has 0 fully saturated rings. The molecule has 0 saturated carbocycles. The molecule has 2 atom stereocenters. The van der Waals surface area contributed by atoms with Gasteiger partial charge in [0.05, 0.1) is 11.0 Å². The number of nitro benzene ring substituents is 1. The highest BCUT2D eigenvalue weighted by Crippen LogP contribution is 2.22. The van der Waals surface area contributed by atoms with Crippen molar-refractivity contribution in [3.63, 3.8) is 0 Å². The molecule has 2 rings (SSSR count). The first-order chi connectivity index (χ1) is 11.8. The molecule has 0 aromatic heterocycles. The second-order valence-electron chi connectivity index (χ2n) is 5.58. The number of amides is 1. The second kappa shape index (κ2) is 8.04. The van der Waals surface area contributed by atoms with Crippen molar-refractivity contribution in [2.45, 2.75) is 25.9 Å². The van der Waals surface area contributed by atoms with Crippen molar-refractivity contribution in [2.75, 3.05) is 5.32 Å². The lowest BCUT2D eigenvalue weighted by molar-refractivity contribution is -0.387. The maximum absolute atomic E-state index is 13.3. The summed E-state index contributed by atoms with van der Waals surface area (Å²) in [6, 6.07) is 9.74. The third-order valence-electron chi connectivity index (χ3n) is 3.65. The Kier molecular flexibility index (Phi) is 6.06. The van der Waals surface area contributed by atoms with E-state index in [9.17, 15) is 19.3 Å². The molecule has 0 aliphatic rings. The highest BCUT2D eigenvalue weighted by molar-refractivity contribution is 6.30. The first kappa shape index (κ1) is 18.8. The fourth-order valence-corrected chi connectivity index (χ4v) is 2.50. The van der Waals surface area contributed by atoms with Crippen LogP contribution in [0.25, 0.3) is 0 Å². The van der Waals surface area contributed by atoms with E-state index in [0.717, 1.165) is 17.7 Å². The smallest absolute Gasteiger partial charge is 0.306 e. The Hall–Kier alpha value is -2.51. The van der Waals surface area contributed by atoms with Crippen molar-refractivity contribution in [1.82, 2.24) is 5.32 Å². The van der Waals surface area contributed by atoms with E-state index < -0.39 is 28.4 Å². The summed E-state index contributed by atoms with van der Waals surface area (Å²) in [6.45, 7) is 3.55. The lowest BCUT2D eigenvalue weighted by Gasteiger charge is -2.20. The molecule has 0 saturated heterocycles. The molecule has 1 amide bonds. The minimum Gasteiger partial charge on any atom is -0.324 e. The Balaban J connectivity index is 2.03.